The molecule has 5 rings (SSSR count). The zero-order valence-electron chi connectivity index (χ0n) is 19.9. The monoisotopic (exact) mass is 541 g/mol. The molecule has 1 fully saturated rings. The number of nitrogens with zero attached hydrogens (tertiary/aromatic N) is 4. The number of nitrogens with one attached hydrogen (secondary N) is 1. The van der Waals surface area contributed by atoms with Crippen molar-refractivity contribution in [1.29, 1.82) is 0 Å². The number of fused-ring (bicyclic) bond motifs is 2. The van der Waals surface area contributed by atoms with Crippen LogP contribution >= 0.6 is 24.8 Å². The first kappa shape index (κ1) is 28.1. The standard InChI is InChI=1S/C24H28FN5O4.2ClH/c1-32-23-3-2-19-24(29-23)16(17(25)12-28-19)4-6-30-7-5-18(20(31)14-30)27-11-15-10-21-22(13-26-15)34-9-8-33-21;;/h2-3,10,12-13,18,20,27,31H,4-9,11,14H2,1H3;2*1H. The average Bonchev–Trinajstić information content (AvgIpc) is 2.87. The summed E-state index contributed by atoms with van der Waals surface area (Å²) >= 11 is 0. The molecule has 0 aliphatic carbocycles. The minimum absolute atomic E-state index is 0. The fourth-order valence-corrected chi connectivity index (χ4v) is 4.46. The van der Waals surface area contributed by atoms with Gasteiger partial charge in [-0.3, -0.25) is 9.97 Å². The van der Waals surface area contributed by atoms with Gasteiger partial charge in [0.15, 0.2) is 11.5 Å². The van der Waals surface area contributed by atoms with E-state index in [0.29, 0.717) is 73.2 Å². The van der Waals surface area contributed by atoms with Gasteiger partial charge in [0, 0.05) is 43.4 Å². The summed E-state index contributed by atoms with van der Waals surface area (Å²) < 4.78 is 30.9. The normalized spacial score (nSPS) is 19.3. The quantitative estimate of drug-likeness (QED) is 0.467. The number of hydrogen-bond acceptors (Lipinski definition) is 9. The Morgan fingerprint density at radius 1 is 1.17 bits per heavy atom. The molecule has 0 saturated carbocycles. The molecule has 0 spiro atoms. The van der Waals surface area contributed by atoms with Crippen LogP contribution in [0, 0.1) is 5.82 Å². The van der Waals surface area contributed by atoms with Crippen LogP contribution in [0.25, 0.3) is 11.0 Å². The molecule has 3 aromatic rings. The number of halogens is 3. The molecule has 0 bridgehead atoms. The first-order valence-corrected chi connectivity index (χ1v) is 11.5. The van der Waals surface area contributed by atoms with Gasteiger partial charge in [0.05, 0.1) is 42.3 Å². The van der Waals surface area contributed by atoms with Crippen LogP contribution in [0.4, 0.5) is 4.39 Å². The Bertz CT molecular complexity index is 1170. The topological polar surface area (TPSA) is 102 Å². The van der Waals surface area contributed by atoms with Crippen molar-refractivity contribution in [3.8, 4) is 17.4 Å². The Hall–Kier alpha value is -2.50. The second-order valence-electron chi connectivity index (χ2n) is 8.52. The van der Waals surface area contributed by atoms with Crippen molar-refractivity contribution in [2.75, 3.05) is 40.0 Å². The third-order valence-corrected chi connectivity index (χ3v) is 6.32. The molecular formula is C24H30Cl2FN5O4. The molecular weight excluding hydrogens is 512 g/mol. The van der Waals surface area contributed by atoms with Gasteiger partial charge in [-0.1, -0.05) is 0 Å². The minimum atomic E-state index is -0.539. The average molecular weight is 542 g/mol. The van der Waals surface area contributed by atoms with E-state index >= 15 is 0 Å². The number of aromatic nitrogens is 3. The maximum Gasteiger partial charge on any atom is 0.213 e. The van der Waals surface area contributed by atoms with Crippen molar-refractivity contribution in [3.05, 3.63) is 47.7 Å². The summed E-state index contributed by atoms with van der Waals surface area (Å²) in [5, 5.41) is 14.1. The van der Waals surface area contributed by atoms with E-state index in [2.05, 4.69) is 25.2 Å². The molecule has 36 heavy (non-hydrogen) atoms. The van der Waals surface area contributed by atoms with E-state index in [0.717, 1.165) is 18.7 Å². The number of aliphatic hydroxyl groups excluding tert-OH is 1. The van der Waals surface area contributed by atoms with Gasteiger partial charge in [0.2, 0.25) is 5.88 Å². The Kier molecular flexibility index (Phi) is 9.86. The highest BCUT2D eigenvalue weighted by molar-refractivity contribution is 5.85. The van der Waals surface area contributed by atoms with Crippen LogP contribution in [-0.4, -0.2) is 77.1 Å². The van der Waals surface area contributed by atoms with Crippen LogP contribution in [0.15, 0.2) is 30.6 Å². The molecule has 9 nitrogen and oxygen atoms in total. The van der Waals surface area contributed by atoms with E-state index in [9.17, 15) is 9.50 Å². The molecule has 2 atom stereocenters. The SMILES string of the molecule is COc1ccc2ncc(F)c(CCN3CCC(NCc4cc5c(cn4)OCCO5)C(O)C3)c2n1.Cl.Cl. The molecule has 2 unspecified atom stereocenters. The molecule has 0 radical (unpaired) electrons. The second kappa shape index (κ2) is 12.6. The van der Waals surface area contributed by atoms with Crippen molar-refractivity contribution in [2.45, 2.75) is 31.5 Å². The van der Waals surface area contributed by atoms with Crippen molar-refractivity contribution in [2.24, 2.45) is 0 Å². The third-order valence-electron chi connectivity index (χ3n) is 6.32. The summed E-state index contributed by atoms with van der Waals surface area (Å²) in [5.41, 5.74) is 2.50. The van der Waals surface area contributed by atoms with Gasteiger partial charge in [0.1, 0.15) is 19.0 Å². The summed E-state index contributed by atoms with van der Waals surface area (Å²) in [7, 11) is 1.53. The number of β-amino-alcohol motifs (C(OH)–C–C–N with tert-alkyl or cyclic N) is 1. The van der Waals surface area contributed by atoms with Gasteiger partial charge in [0.25, 0.3) is 0 Å². The summed E-state index contributed by atoms with van der Waals surface area (Å²) in [4.78, 5) is 15.1. The molecule has 1 saturated heterocycles. The maximum atomic E-state index is 14.6. The fourth-order valence-electron chi connectivity index (χ4n) is 4.46. The maximum absolute atomic E-state index is 14.6. The van der Waals surface area contributed by atoms with Gasteiger partial charge >= 0.3 is 0 Å². The zero-order chi connectivity index (χ0) is 23.5. The summed E-state index contributed by atoms with van der Waals surface area (Å²) in [5.74, 6) is 1.42. The van der Waals surface area contributed by atoms with Gasteiger partial charge in [-0.25, -0.2) is 9.37 Å². The minimum Gasteiger partial charge on any atom is -0.486 e. The fraction of sp³-hybridized carbons (Fsp3) is 0.458. The summed E-state index contributed by atoms with van der Waals surface area (Å²) in [6.07, 6.45) is 3.62. The number of pyridine rings is 3. The highest BCUT2D eigenvalue weighted by Gasteiger charge is 2.27. The molecule has 2 aliphatic heterocycles. The lowest BCUT2D eigenvalue weighted by Gasteiger charge is -2.36. The first-order chi connectivity index (χ1) is 16.6. The number of rotatable bonds is 7. The van der Waals surface area contributed by atoms with E-state index in [-0.39, 0.29) is 36.7 Å². The molecule has 196 valence electrons. The van der Waals surface area contributed by atoms with Crippen molar-refractivity contribution in [3.63, 3.8) is 0 Å². The van der Waals surface area contributed by atoms with Crippen molar-refractivity contribution < 1.29 is 23.7 Å². The van der Waals surface area contributed by atoms with E-state index < -0.39 is 6.10 Å². The Balaban J connectivity index is 0.00000180. The van der Waals surface area contributed by atoms with E-state index in [1.807, 2.05) is 6.07 Å². The molecule has 5 heterocycles. The number of piperidine rings is 1. The lowest BCUT2D eigenvalue weighted by Crippen LogP contribution is -2.52. The molecule has 2 aliphatic rings. The lowest BCUT2D eigenvalue weighted by atomic mass is 10.0. The first-order valence-electron chi connectivity index (χ1n) is 11.5. The Morgan fingerprint density at radius 2 is 1.97 bits per heavy atom. The second-order valence-corrected chi connectivity index (χ2v) is 8.52. The molecule has 2 N–H and O–H groups in total. The molecule has 12 heteroatoms. The van der Waals surface area contributed by atoms with Gasteiger partial charge in [-0.2, -0.15) is 0 Å². The largest absolute Gasteiger partial charge is 0.486 e. The van der Waals surface area contributed by atoms with Crippen molar-refractivity contribution >= 4 is 35.8 Å². The van der Waals surface area contributed by atoms with Crippen LogP contribution < -0.4 is 19.5 Å². The number of likely N-dealkylation sites (tertiary alicyclic amines) is 1. The van der Waals surface area contributed by atoms with Crippen LogP contribution in [-0.2, 0) is 13.0 Å². The molecule has 0 amide bonds. The van der Waals surface area contributed by atoms with Crippen LogP contribution in [0.3, 0.4) is 0 Å². The number of hydrogen-bond donors (Lipinski definition) is 2. The predicted molar refractivity (Wildman–Crippen MR) is 137 cm³/mol. The number of ether oxygens (including phenoxy) is 3. The van der Waals surface area contributed by atoms with Crippen LogP contribution in [0.2, 0.25) is 0 Å². The van der Waals surface area contributed by atoms with E-state index in [1.54, 1.807) is 18.3 Å². The Morgan fingerprint density at radius 3 is 2.75 bits per heavy atom. The summed E-state index contributed by atoms with van der Waals surface area (Å²) in [6.45, 7) is 3.51. The Labute approximate surface area is 221 Å². The summed E-state index contributed by atoms with van der Waals surface area (Å²) in [6, 6.07) is 5.32. The number of methoxy groups -OCH3 is 1. The predicted octanol–water partition coefficient (Wildman–Crippen LogP) is 2.55. The number of aliphatic hydroxyl groups is 1. The van der Waals surface area contributed by atoms with Gasteiger partial charge < -0.3 is 29.5 Å². The van der Waals surface area contributed by atoms with E-state index in [1.165, 1.54) is 13.3 Å². The highest BCUT2D eigenvalue weighted by atomic mass is 35.5. The molecule has 3 aromatic heterocycles. The van der Waals surface area contributed by atoms with Gasteiger partial charge in [-0.15, -0.1) is 24.8 Å². The zero-order valence-corrected chi connectivity index (χ0v) is 21.5. The smallest absolute Gasteiger partial charge is 0.213 e. The highest BCUT2D eigenvalue weighted by Crippen LogP contribution is 2.29. The third kappa shape index (κ3) is 6.24. The molecule has 0 aromatic carbocycles. The van der Waals surface area contributed by atoms with Crippen LogP contribution in [0.1, 0.15) is 17.7 Å². The van der Waals surface area contributed by atoms with E-state index in [4.69, 9.17) is 14.2 Å². The van der Waals surface area contributed by atoms with Crippen molar-refractivity contribution in [1.82, 2.24) is 25.2 Å². The lowest BCUT2D eigenvalue weighted by molar-refractivity contribution is 0.0402. The van der Waals surface area contributed by atoms with Crippen LogP contribution in [0.5, 0.6) is 17.4 Å². The van der Waals surface area contributed by atoms with Gasteiger partial charge in [-0.05, 0) is 25.5 Å².